The molecule has 0 spiro atoms. The highest BCUT2D eigenvalue weighted by Gasteiger charge is 2.35. The smallest absolute Gasteiger partial charge is 0.119 e. The van der Waals surface area contributed by atoms with Crippen molar-refractivity contribution in [1.29, 1.82) is 0 Å². The summed E-state index contributed by atoms with van der Waals surface area (Å²) in [6.45, 7) is 2.02. The van der Waals surface area contributed by atoms with Gasteiger partial charge in [-0.2, -0.15) is 0 Å². The predicted octanol–water partition coefficient (Wildman–Crippen LogP) is -0.648. The lowest BCUT2D eigenvalue weighted by Gasteiger charge is -2.26. The molecule has 5 heteroatoms. The second-order valence-corrected chi connectivity index (χ2v) is 3.10. The Balaban J connectivity index is 2.28. The Bertz CT molecular complexity index is 240. The number of nitrogens with two attached hydrogens (primary N) is 1. The lowest BCUT2D eigenvalue weighted by molar-refractivity contribution is 0.157. The number of ether oxygens (including phenoxy) is 1. The Kier molecular flexibility index (Phi) is 1.82. The van der Waals surface area contributed by atoms with Crippen LogP contribution < -0.4 is 5.73 Å². The van der Waals surface area contributed by atoms with Crippen LogP contribution in [0.5, 0.6) is 0 Å². The van der Waals surface area contributed by atoms with Crippen LogP contribution in [0.3, 0.4) is 0 Å². The largest absolute Gasteiger partial charge is 0.379 e. The van der Waals surface area contributed by atoms with E-state index in [1.165, 1.54) is 0 Å². The van der Waals surface area contributed by atoms with Gasteiger partial charge < -0.3 is 15.0 Å². The maximum Gasteiger partial charge on any atom is 0.119 e. The van der Waals surface area contributed by atoms with Crippen molar-refractivity contribution in [3.05, 3.63) is 12.7 Å². The van der Waals surface area contributed by atoms with Crippen LogP contribution >= 0.6 is 0 Å². The van der Waals surface area contributed by atoms with Crippen LogP contribution in [0.1, 0.15) is 6.42 Å². The Morgan fingerprint density at radius 3 is 2.75 bits per heavy atom. The summed E-state index contributed by atoms with van der Waals surface area (Å²) in [5.41, 5.74) is 5.61. The third-order valence-corrected chi connectivity index (χ3v) is 2.43. The zero-order chi connectivity index (χ0) is 8.44. The van der Waals surface area contributed by atoms with Crippen molar-refractivity contribution in [1.82, 2.24) is 14.8 Å². The maximum atomic E-state index is 5.70. The van der Waals surface area contributed by atoms with Crippen LogP contribution in [0.2, 0.25) is 0 Å². The van der Waals surface area contributed by atoms with Crippen molar-refractivity contribution in [2.24, 2.45) is 5.73 Å². The molecule has 0 bridgehead atoms. The van der Waals surface area contributed by atoms with Crippen LogP contribution in [-0.2, 0) is 10.3 Å². The molecule has 1 fully saturated rings. The summed E-state index contributed by atoms with van der Waals surface area (Å²) in [7, 11) is 0. The molecule has 2 rings (SSSR count). The molecule has 1 atom stereocenters. The summed E-state index contributed by atoms with van der Waals surface area (Å²) in [6.07, 6.45) is 4.34. The van der Waals surface area contributed by atoms with E-state index < -0.39 is 0 Å². The minimum absolute atomic E-state index is 0.0938. The van der Waals surface area contributed by atoms with Crippen LogP contribution in [0.4, 0.5) is 0 Å². The number of rotatable bonds is 2. The molecule has 2 N–H and O–H groups in total. The molecule has 0 aromatic carbocycles. The number of aromatic nitrogens is 3. The topological polar surface area (TPSA) is 66.0 Å². The van der Waals surface area contributed by atoms with Crippen molar-refractivity contribution < 1.29 is 4.74 Å². The highest BCUT2D eigenvalue weighted by Crippen LogP contribution is 2.25. The van der Waals surface area contributed by atoms with Gasteiger partial charge in [-0.25, -0.2) is 0 Å². The van der Waals surface area contributed by atoms with Crippen LogP contribution in [0, 0.1) is 0 Å². The van der Waals surface area contributed by atoms with Gasteiger partial charge in [0, 0.05) is 13.2 Å². The van der Waals surface area contributed by atoms with E-state index in [1.54, 1.807) is 12.7 Å². The first-order valence-electron chi connectivity index (χ1n) is 4.00. The van der Waals surface area contributed by atoms with E-state index in [1.807, 2.05) is 4.57 Å². The third-order valence-electron chi connectivity index (χ3n) is 2.43. The molecule has 5 nitrogen and oxygen atoms in total. The monoisotopic (exact) mass is 168 g/mol. The molecule has 0 amide bonds. The van der Waals surface area contributed by atoms with Crippen molar-refractivity contribution in [3.8, 4) is 0 Å². The van der Waals surface area contributed by atoms with E-state index >= 15 is 0 Å². The Hall–Kier alpha value is -0.940. The van der Waals surface area contributed by atoms with Gasteiger partial charge in [-0.05, 0) is 6.42 Å². The summed E-state index contributed by atoms with van der Waals surface area (Å²) in [5.74, 6) is 0. The first-order valence-corrected chi connectivity index (χ1v) is 4.00. The van der Waals surface area contributed by atoms with Gasteiger partial charge in [-0.3, -0.25) is 0 Å². The molecule has 0 aliphatic carbocycles. The average molecular weight is 168 g/mol. The lowest BCUT2D eigenvalue weighted by Crippen LogP contribution is -2.41. The highest BCUT2D eigenvalue weighted by molar-refractivity contribution is 4.92. The quantitative estimate of drug-likeness (QED) is 0.637. The summed E-state index contributed by atoms with van der Waals surface area (Å²) in [5, 5.41) is 7.52. The van der Waals surface area contributed by atoms with E-state index in [0.717, 1.165) is 13.0 Å². The third kappa shape index (κ3) is 1.02. The van der Waals surface area contributed by atoms with E-state index in [-0.39, 0.29) is 5.54 Å². The molecule has 1 aliphatic heterocycles. The van der Waals surface area contributed by atoms with Gasteiger partial charge in [0.25, 0.3) is 0 Å². The van der Waals surface area contributed by atoms with Crippen molar-refractivity contribution in [2.45, 2.75) is 12.0 Å². The molecule has 1 saturated heterocycles. The SMILES string of the molecule is NCC1(n2cnnc2)CCOC1. The number of hydrogen-bond donors (Lipinski definition) is 1. The van der Waals surface area contributed by atoms with E-state index in [9.17, 15) is 0 Å². The number of nitrogens with zero attached hydrogens (tertiary/aromatic N) is 3. The first kappa shape index (κ1) is 7.70. The molecular formula is C7H12N4O. The first-order chi connectivity index (χ1) is 5.87. The van der Waals surface area contributed by atoms with Gasteiger partial charge in [0.2, 0.25) is 0 Å². The van der Waals surface area contributed by atoms with Crippen molar-refractivity contribution in [3.63, 3.8) is 0 Å². The molecule has 2 heterocycles. The molecule has 66 valence electrons. The van der Waals surface area contributed by atoms with Gasteiger partial charge in [-0.1, -0.05) is 0 Å². The summed E-state index contributed by atoms with van der Waals surface area (Å²) in [4.78, 5) is 0. The molecule has 1 aromatic heterocycles. The molecule has 0 radical (unpaired) electrons. The van der Waals surface area contributed by atoms with Gasteiger partial charge in [-0.15, -0.1) is 10.2 Å². The Labute approximate surface area is 70.5 Å². The van der Waals surface area contributed by atoms with Gasteiger partial charge in [0.1, 0.15) is 12.7 Å². The zero-order valence-corrected chi connectivity index (χ0v) is 6.81. The fourth-order valence-corrected chi connectivity index (χ4v) is 1.51. The summed E-state index contributed by atoms with van der Waals surface area (Å²) >= 11 is 0. The fraction of sp³-hybridized carbons (Fsp3) is 0.714. The summed E-state index contributed by atoms with van der Waals surface area (Å²) < 4.78 is 7.26. The van der Waals surface area contributed by atoms with E-state index in [0.29, 0.717) is 13.2 Å². The van der Waals surface area contributed by atoms with Gasteiger partial charge in [0.05, 0.1) is 12.1 Å². The summed E-state index contributed by atoms with van der Waals surface area (Å²) in [6, 6.07) is 0. The minimum atomic E-state index is -0.0938. The van der Waals surface area contributed by atoms with Crippen LogP contribution in [-0.4, -0.2) is 34.5 Å². The second kappa shape index (κ2) is 2.84. The Morgan fingerprint density at radius 2 is 2.25 bits per heavy atom. The van der Waals surface area contributed by atoms with Crippen molar-refractivity contribution in [2.75, 3.05) is 19.8 Å². The van der Waals surface area contributed by atoms with Crippen LogP contribution in [0.25, 0.3) is 0 Å². The zero-order valence-electron chi connectivity index (χ0n) is 6.81. The van der Waals surface area contributed by atoms with E-state index in [2.05, 4.69) is 10.2 Å². The number of hydrogen-bond acceptors (Lipinski definition) is 4. The van der Waals surface area contributed by atoms with Crippen LogP contribution in [0.15, 0.2) is 12.7 Å². The fourth-order valence-electron chi connectivity index (χ4n) is 1.51. The average Bonchev–Trinajstić information content (AvgIpc) is 2.76. The van der Waals surface area contributed by atoms with E-state index in [4.69, 9.17) is 10.5 Å². The van der Waals surface area contributed by atoms with Crippen molar-refractivity contribution >= 4 is 0 Å². The molecule has 1 aliphatic rings. The molecule has 0 saturated carbocycles. The second-order valence-electron chi connectivity index (χ2n) is 3.10. The lowest BCUT2D eigenvalue weighted by atomic mass is 9.99. The highest BCUT2D eigenvalue weighted by atomic mass is 16.5. The molecule has 12 heavy (non-hydrogen) atoms. The minimum Gasteiger partial charge on any atom is -0.379 e. The molecule has 1 aromatic rings. The predicted molar refractivity (Wildman–Crippen MR) is 42.5 cm³/mol. The normalized spacial score (nSPS) is 29.4. The van der Waals surface area contributed by atoms with Gasteiger partial charge in [0.15, 0.2) is 0 Å². The molecular weight excluding hydrogens is 156 g/mol. The standard InChI is InChI=1S/C7H12N4O/c8-3-7(1-2-12-4-7)11-5-9-10-6-11/h5-6H,1-4,8H2. The molecule has 1 unspecified atom stereocenters. The maximum absolute atomic E-state index is 5.70. The van der Waals surface area contributed by atoms with Gasteiger partial charge >= 0.3 is 0 Å². The Morgan fingerprint density at radius 1 is 1.50 bits per heavy atom.